The Morgan fingerprint density at radius 2 is 2.00 bits per heavy atom. The summed E-state index contributed by atoms with van der Waals surface area (Å²) in [6.07, 6.45) is 0.537. The van der Waals surface area contributed by atoms with Crippen LogP contribution in [0.5, 0.6) is 0 Å². The molecule has 0 unspecified atom stereocenters. The fourth-order valence-corrected chi connectivity index (χ4v) is 6.30. The van der Waals surface area contributed by atoms with Crippen molar-refractivity contribution in [3.05, 3.63) is 28.8 Å². The molecule has 0 spiro atoms. The van der Waals surface area contributed by atoms with Crippen molar-refractivity contribution in [2.45, 2.75) is 30.7 Å². The predicted molar refractivity (Wildman–Crippen MR) is 91.1 cm³/mol. The Morgan fingerprint density at radius 1 is 1.30 bits per heavy atom. The minimum Gasteiger partial charge on any atom is -0.309 e. The molecule has 1 aliphatic heterocycles. The van der Waals surface area contributed by atoms with Crippen LogP contribution in [0, 0.1) is 6.92 Å². The number of hydrogen-bond acceptors (Lipinski definition) is 5. The number of aryl methyl sites for hydroxylation is 1. The van der Waals surface area contributed by atoms with Gasteiger partial charge in [-0.1, -0.05) is 17.7 Å². The minimum absolute atomic E-state index is 0.0835. The van der Waals surface area contributed by atoms with E-state index in [9.17, 15) is 16.8 Å². The average Bonchev–Trinajstić information content (AvgIpc) is 2.72. The van der Waals surface area contributed by atoms with Crippen molar-refractivity contribution in [1.82, 2.24) is 10.0 Å². The number of sulfonamides is 1. The van der Waals surface area contributed by atoms with Gasteiger partial charge in [-0.05, 0) is 38.0 Å². The summed E-state index contributed by atoms with van der Waals surface area (Å²) in [5, 5.41) is 3.49. The lowest BCUT2D eigenvalue weighted by Gasteiger charge is -2.24. The number of halogens is 1. The first-order valence-electron chi connectivity index (χ1n) is 7.24. The summed E-state index contributed by atoms with van der Waals surface area (Å²) in [5.74, 6) is 0.254. The van der Waals surface area contributed by atoms with Crippen molar-refractivity contribution in [1.29, 1.82) is 0 Å². The topological polar surface area (TPSA) is 92.3 Å². The lowest BCUT2D eigenvalue weighted by molar-refractivity contribution is 0.400. The molecule has 2 rings (SSSR count). The Labute approximate surface area is 142 Å². The zero-order valence-corrected chi connectivity index (χ0v) is 15.5. The van der Waals surface area contributed by atoms with Crippen LogP contribution in [0.1, 0.15) is 18.9 Å². The molecule has 1 heterocycles. The monoisotopic (exact) mass is 380 g/mol. The summed E-state index contributed by atoms with van der Waals surface area (Å²) in [7, 11) is -6.63. The van der Waals surface area contributed by atoms with Gasteiger partial charge in [0.05, 0.1) is 16.4 Å². The summed E-state index contributed by atoms with van der Waals surface area (Å²) in [6.45, 7) is 4.07. The molecular weight excluding hydrogens is 360 g/mol. The van der Waals surface area contributed by atoms with Crippen LogP contribution < -0.4 is 10.0 Å². The molecule has 0 aliphatic carbocycles. The van der Waals surface area contributed by atoms with Crippen molar-refractivity contribution < 1.29 is 16.8 Å². The van der Waals surface area contributed by atoms with E-state index < -0.39 is 25.4 Å². The van der Waals surface area contributed by atoms with Crippen molar-refractivity contribution in [3.8, 4) is 0 Å². The second kappa shape index (κ2) is 6.68. The van der Waals surface area contributed by atoms with Crippen LogP contribution in [0.25, 0.3) is 0 Å². The average molecular weight is 381 g/mol. The van der Waals surface area contributed by atoms with Crippen LogP contribution >= 0.6 is 11.6 Å². The van der Waals surface area contributed by atoms with E-state index in [2.05, 4.69) is 10.0 Å². The molecule has 1 saturated heterocycles. The third kappa shape index (κ3) is 4.90. The molecule has 9 heteroatoms. The standard InChI is InChI=1S/C14H21ClN2O4S2/c1-11-3-4-12(15)9-13(11)23(20,21)17-7-6-16-14(2)5-8-22(18,19)10-14/h3-4,9,16-17H,5-8,10H2,1-2H3/t14-/m1/s1. The van der Waals surface area contributed by atoms with Crippen LogP contribution in [0.3, 0.4) is 0 Å². The maximum Gasteiger partial charge on any atom is 0.240 e. The van der Waals surface area contributed by atoms with Gasteiger partial charge in [0, 0.05) is 23.7 Å². The van der Waals surface area contributed by atoms with E-state index in [0.717, 1.165) is 0 Å². The van der Waals surface area contributed by atoms with Gasteiger partial charge < -0.3 is 5.32 Å². The highest BCUT2D eigenvalue weighted by atomic mass is 35.5. The van der Waals surface area contributed by atoms with E-state index in [-0.39, 0.29) is 22.9 Å². The lowest BCUT2D eigenvalue weighted by atomic mass is 10.0. The first-order valence-corrected chi connectivity index (χ1v) is 10.9. The molecular formula is C14H21ClN2O4S2. The summed E-state index contributed by atoms with van der Waals surface area (Å²) >= 11 is 5.85. The maximum atomic E-state index is 12.3. The predicted octanol–water partition coefficient (Wildman–Crippen LogP) is 1.09. The van der Waals surface area contributed by atoms with E-state index in [1.54, 1.807) is 19.1 Å². The summed E-state index contributed by atoms with van der Waals surface area (Å²) in [6, 6.07) is 4.70. The first-order chi connectivity index (χ1) is 10.5. The quantitative estimate of drug-likeness (QED) is 0.721. The van der Waals surface area contributed by atoms with E-state index in [4.69, 9.17) is 11.6 Å². The Hall–Kier alpha value is -0.670. The molecule has 0 radical (unpaired) electrons. The van der Waals surface area contributed by atoms with Crippen LogP contribution in [0.4, 0.5) is 0 Å². The van der Waals surface area contributed by atoms with Gasteiger partial charge >= 0.3 is 0 Å². The molecule has 1 fully saturated rings. The van der Waals surface area contributed by atoms with Crippen LogP contribution in [-0.4, -0.2) is 47.0 Å². The fourth-order valence-electron chi connectivity index (χ4n) is 2.64. The minimum atomic E-state index is -3.64. The molecule has 1 aromatic carbocycles. The number of nitrogens with one attached hydrogen (secondary N) is 2. The summed E-state index contributed by atoms with van der Waals surface area (Å²) < 4.78 is 50.1. The second-order valence-corrected chi connectivity index (χ2v) is 10.5. The van der Waals surface area contributed by atoms with Crippen LogP contribution in [0.15, 0.2) is 23.1 Å². The molecule has 2 N–H and O–H groups in total. The largest absolute Gasteiger partial charge is 0.309 e. The molecule has 6 nitrogen and oxygen atoms in total. The van der Waals surface area contributed by atoms with Gasteiger partial charge in [0.15, 0.2) is 9.84 Å². The highest BCUT2D eigenvalue weighted by Gasteiger charge is 2.37. The van der Waals surface area contributed by atoms with E-state index in [1.807, 2.05) is 6.92 Å². The van der Waals surface area contributed by atoms with Crippen molar-refractivity contribution >= 4 is 31.5 Å². The number of rotatable bonds is 6. The molecule has 1 atom stereocenters. The summed E-state index contributed by atoms with van der Waals surface area (Å²) in [4.78, 5) is 0.152. The third-order valence-corrected chi connectivity index (χ3v) is 7.65. The van der Waals surface area contributed by atoms with E-state index in [1.165, 1.54) is 6.07 Å². The van der Waals surface area contributed by atoms with Crippen LogP contribution in [0.2, 0.25) is 5.02 Å². The van der Waals surface area contributed by atoms with E-state index >= 15 is 0 Å². The molecule has 23 heavy (non-hydrogen) atoms. The molecule has 0 amide bonds. The highest BCUT2D eigenvalue weighted by molar-refractivity contribution is 7.91. The number of benzene rings is 1. The first kappa shape index (κ1) is 18.7. The highest BCUT2D eigenvalue weighted by Crippen LogP contribution is 2.22. The number of hydrogen-bond donors (Lipinski definition) is 2. The Bertz CT molecular complexity index is 793. The third-order valence-electron chi connectivity index (χ3n) is 3.91. The van der Waals surface area contributed by atoms with Crippen LogP contribution in [-0.2, 0) is 19.9 Å². The zero-order valence-electron chi connectivity index (χ0n) is 13.1. The summed E-state index contributed by atoms with van der Waals surface area (Å²) in [5.41, 5.74) is 0.125. The normalized spacial score (nSPS) is 24.0. The van der Waals surface area contributed by atoms with Crippen molar-refractivity contribution in [2.75, 3.05) is 24.6 Å². The smallest absolute Gasteiger partial charge is 0.240 e. The van der Waals surface area contributed by atoms with Gasteiger partial charge in [-0.15, -0.1) is 0 Å². The van der Waals surface area contributed by atoms with Gasteiger partial charge in [-0.2, -0.15) is 0 Å². The Balaban J connectivity index is 1.92. The zero-order chi connectivity index (χ0) is 17.3. The van der Waals surface area contributed by atoms with Gasteiger partial charge in [-0.3, -0.25) is 0 Å². The van der Waals surface area contributed by atoms with Gasteiger partial charge in [-0.25, -0.2) is 21.6 Å². The number of sulfone groups is 1. The molecule has 0 aromatic heterocycles. The maximum absolute atomic E-state index is 12.3. The molecule has 1 aromatic rings. The molecule has 0 bridgehead atoms. The van der Waals surface area contributed by atoms with Crippen molar-refractivity contribution in [2.24, 2.45) is 0 Å². The van der Waals surface area contributed by atoms with Gasteiger partial charge in [0.2, 0.25) is 10.0 Å². The van der Waals surface area contributed by atoms with Crippen molar-refractivity contribution in [3.63, 3.8) is 0 Å². The Kier molecular flexibility index (Phi) is 5.42. The Morgan fingerprint density at radius 3 is 2.61 bits per heavy atom. The van der Waals surface area contributed by atoms with Gasteiger partial charge in [0.1, 0.15) is 0 Å². The molecule has 130 valence electrons. The SMILES string of the molecule is Cc1ccc(Cl)cc1S(=O)(=O)NCCN[C@]1(C)CCS(=O)(=O)C1. The fraction of sp³-hybridized carbons (Fsp3) is 0.571. The van der Waals surface area contributed by atoms with Gasteiger partial charge in [0.25, 0.3) is 0 Å². The molecule has 0 saturated carbocycles. The lowest BCUT2D eigenvalue weighted by Crippen LogP contribution is -2.46. The second-order valence-electron chi connectivity index (χ2n) is 6.14. The van der Waals surface area contributed by atoms with E-state index in [0.29, 0.717) is 23.6 Å². The molecule has 1 aliphatic rings.